The van der Waals surface area contributed by atoms with Crippen LogP contribution in [-0.2, 0) is 9.59 Å². The third kappa shape index (κ3) is 1.96. The molecule has 3 atom stereocenters. The number of hydrogen-bond donors (Lipinski definition) is 1. The van der Waals surface area contributed by atoms with Gasteiger partial charge in [-0.3, -0.25) is 14.5 Å². The number of nitrogens with zero attached hydrogens (tertiary/aromatic N) is 1. The molecule has 2 heterocycles. The zero-order valence-electron chi connectivity index (χ0n) is 11.0. The molecular formula is C14H22N2O2. The van der Waals surface area contributed by atoms with Crippen molar-refractivity contribution in [2.75, 3.05) is 19.6 Å². The van der Waals surface area contributed by atoms with E-state index in [2.05, 4.69) is 12.2 Å². The number of nitrogens with one attached hydrogen (secondary N) is 1. The van der Waals surface area contributed by atoms with E-state index in [1.54, 1.807) is 4.90 Å². The molecule has 0 aromatic rings. The van der Waals surface area contributed by atoms with Gasteiger partial charge < -0.3 is 5.32 Å². The van der Waals surface area contributed by atoms with Crippen LogP contribution in [0.15, 0.2) is 0 Å². The van der Waals surface area contributed by atoms with Crippen LogP contribution in [0.4, 0.5) is 0 Å². The fourth-order valence-electron chi connectivity index (χ4n) is 3.86. The summed E-state index contributed by atoms with van der Waals surface area (Å²) < 4.78 is 0. The molecule has 3 unspecified atom stereocenters. The van der Waals surface area contributed by atoms with E-state index in [1.807, 2.05) is 0 Å². The lowest BCUT2D eigenvalue weighted by Gasteiger charge is -2.27. The zero-order chi connectivity index (χ0) is 12.7. The number of amides is 2. The van der Waals surface area contributed by atoms with E-state index in [9.17, 15) is 9.59 Å². The van der Waals surface area contributed by atoms with E-state index in [4.69, 9.17) is 0 Å². The Kier molecular flexibility index (Phi) is 3.14. The molecule has 2 aliphatic heterocycles. The van der Waals surface area contributed by atoms with Crippen molar-refractivity contribution in [2.24, 2.45) is 23.7 Å². The third-order valence-electron chi connectivity index (χ3n) is 4.80. The first-order valence-corrected chi connectivity index (χ1v) is 7.22. The Bertz CT molecular complexity index is 339. The molecule has 2 saturated heterocycles. The van der Waals surface area contributed by atoms with Gasteiger partial charge in [-0.2, -0.15) is 0 Å². The second kappa shape index (κ2) is 4.65. The van der Waals surface area contributed by atoms with E-state index < -0.39 is 0 Å². The van der Waals surface area contributed by atoms with Crippen molar-refractivity contribution in [3.05, 3.63) is 0 Å². The maximum atomic E-state index is 12.3. The molecule has 3 fully saturated rings. The maximum Gasteiger partial charge on any atom is 0.233 e. The number of rotatable bonds is 2. The number of carbonyl (C=O) groups excluding carboxylic acids is 2. The van der Waals surface area contributed by atoms with Gasteiger partial charge in [-0.1, -0.05) is 6.92 Å². The van der Waals surface area contributed by atoms with Crippen molar-refractivity contribution >= 4 is 11.8 Å². The Hall–Kier alpha value is -0.900. The first-order chi connectivity index (χ1) is 8.66. The van der Waals surface area contributed by atoms with Gasteiger partial charge in [0.15, 0.2) is 0 Å². The van der Waals surface area contributed by atoms with Crippen LogP contribution in [0.25, 0.3) is 0 Å². The lowest BCUT2D eigenvalue weighted by molar-refractivity contribution is -0.141. The number of hydrogen-bond acceptors (Lipinski definition) is 3. The maximum absolute atomic E-state index is 12.3. The Morgan fingerprint density at radius 3 is 2.44 bits per heavy atom. The molecule has 0 aromatic carbocycles. The minimum atomic E-state index is 0.00375. The van der Waals surface area contributed by atoms with Crippen LogP contribution in [0.3, 0.4) is 0 Å². The fourth-order valence-corrected chi connectivity index (χ4v) is 3.86. The summed E-state index contributed by atoms with van der Waals surface area (Å²) in [5.74, 6) is 1.22. The molecular weight excluding hydrogens is 228 g/mol. The Morgan fingerprint density at radius 1 is 1.22 bits per heavy atom. The molecule has 1 N–H and O–H groups in total. The number of likely N-dealkylation sites (tertiary alicyclic amines) is 1. The highest BCUT2D eigenvalue weighted by Crippen LogP contribution is 2.43. The highest BCUT2D eigenvalue weighted by Gasteiger charge is 2.51. The van der Waals surface area contributed by atoms with Crippen LogP contribution in [0.2, 0.25) is 0 Å². The van der Waals surface area contributed by atoms with Crippen molar-refractivity contribution in [3.63, 3.8) is 0 Å². The number of carbonyl (C=O) groups is 2. The van der Waals surface area contributed by atoms with Crippen LogP contribution < -0.4 is 5.32 Å². The van der Waals surface area contributed by atoms with Crippen molar-refractivity contribution in [2.45, 2.75) is 32.6 Å². The smallest absolute Gasteiger partial charge is 0.233 e. The number of imide groups is 1. The number of fused-ring (bicyclic) bond motifs is 1. The van der Waals surface area contributed by atoms with Gasteiger partial charge >= 0.3 is 0 Å². The van der Waals surface area contributed by atoms with E-state index in [-0.39, 0.29) is 23.7 Å². The molecule has 3 rings (SSSR count). The first kappa shape index (κ1) is 12.2. The van der Waals surface area contributed by atoms with Gasteiger partial charge in [-0.15, -0.1) is 0 Å². The summed E-state index contributed by atoms with van der Waals surface area (Å²) in [6, 6.07) is 0. The van der Waals surface area contributed by atoms with Crippen LogP contribution in [-0.4, -0.2) is 36.3 Å². The summed E-state index contributed by atoms with van der Waals surface area (Å²) >= 11 is 0. The molecule has 3 aliphatic rings. The van der Waals surface area contributed by atoms with E-state index >= 15 is 0 Å². The summed E-state index contributed by atoms with van der Waals surface area (Å²) in [7, 11) is 0. The Balaban J connectivity index is 1.67. The molecule has 18 heavy (non-hydrogen) atoms. The zero-order valence-corrected chi connectivity index (χ0v) is 11.0. The highest BCUT2D eigenvalue weighted by molar-refractivity contribution is 6.05. The Labute approximate surface area is 108 Å². The van der Waals surface area contributed by atoms with Gasteiger partial charge in [-0.05, 0) is 50.6 Å². The summed E-state index contributed by atoms with van der Waals surface area (Å²) in [5.41, 5.74) is 0. The minimum Gasteiger partial charge on any atom is -0.316 e. The molecule has 4 nitrogen and oxygen atoms in total. The quantitative estimate of drug-likeness (QED) is 0.744. The molecule has 4 heteroatoms. The lowest BCUT2D eigenvalue weighted by atomic mass is 9.99. The predicted octanol–water partition coefficient (Wildman–Crippen LogP) is 1.02. The molecule has 1 aliphatic carbocycles. The normalized spacial score (nSPS) is 40.4. The van der Waals surface area contributed by atoms with Crippen molar-refractivity contribution in [1.82, 2.24) is 10.2 Å². The van der Waals surface area contributed by atoms with Gasteiger partial charge in [0.2, 0.25) is 11.8 Å². The molecule has 1 saturated carbocycles. The van der Waals surface area contributed by atoms with E-state index in [1.165, 1.54) is 0 Å². The van der Waals surface area contributed by atoms with E-state index in [0.29, 0.717) is 18.4 Å². The molecule has 0 radical (unpaired) electrons. The molecule has 0 aromatic heterocycles. The fraction of sp³-hybridized carbons (Fsp3) is 0.857. The summed E-state index contributed by atoms with van der Waals surface area (Å²) in [6.07, 6.45) is 4.11. The summed E-state index contributed by atoms with van der Waals surface area (Å²) in [4.78, 5) is 26.2. The van der Waals surface area contributed by atoms with Gasteiger partial charge in [0.1, 0.15) is 0 Å². The molecule has 2 amide bonds. The minimum absolute atomic E-state index is 0.00375. The number of piperidine rings is 1. The van der Waals surface area contributed by atoms with Gasteiger partial charge in [0.25, 0.3) is 0 Å². The monoisotopic (exact) mass is 250 g/mol. The average Bonchev–Trinajstić information content (AvgIpc) is 2.85. The van der Waals surface area contributed by atoms with Crippen LogP contribution in [0, 0.1) is 23.7 Å². The van der Waals surface area contributed by atoms with Crippen LogP contribution in [0.1, 0.15) is 32.6 Å². The highest BCUT2D eigenvalue weighted by atomic mass is 16.2. The van der Waals surface area contributed by atoms with Crippen LogP contribution >= 0.6 is 0 Å². The SMILES string of the molecule is CC1CC2C(=O)N(CC3CCCNC3)C(=O)C2C1. The van der Waals surface area contributed by atoms with Crippen LogP contribution in [0.5, 0.6) is 0 Å². The van der Waals surface area contributed by atoms with Gasteiger partial charge in [0.05, 0.1) is 11.8 Å². The average molecular weight is 250 g/mol. The second-order valence-corrected chi connectivity index (χ2v) is 6.29. The topological polar surface area (TPSA) is 49.4 Å². The molecule has 0 bridgehead atoms. The van der Waals surface area contributed by atoms with Crippen molar-refractivity contribution in [3.8, 4) is 0 Å². The molecule has 0 spiro atoms. The third-order valence-corrected chi connectivity index (χ3v) is 4.80. The summed E-state index contributed by atoms with van der Waals surface area (Å²) in [6.45, 7) is 4.81. The summed E-state index contributed by atoms with van der Waals surface area (Å²) in [5, 5.41) is 3.35. The largest absolute Gasteiger partial charge is 0.316 e. The standard InChI is InChI=1S/C14H22N2O2/c1-9-5-11-12(6-9)14(18)16(13(11)17)8-10-3-2-4-15-7-10/h9-12,15H,2-8H2,1H3. The predicted molar refractivity (Wildman–Crippen MR) is 67.7 cm³/mol. The van der Waals surface area contributed by atoms with E-state index in [0.717, 1.165) is 38.8 Å². The second-order valence-electron chi connectivity index (χ2n) is 6.29. The van der Waals surface area contributed by atoms with Crippen molar-refractivity contribution < 1.29 is 9.59 Å². The van der Waals surface area contributed by atoms with Gasteiger partial charge in [-0.25, -0.2) is 0 Å². The Morgan fingerprint density at radius 2 is 1.89 bits per heavy atom. The lowest BCUT2D eigenvalue weighted by Crippen LogP contribution is -2.41. The first-order valence-electron chi connectivity index (χ1n) is 7.22. The van der Waals surface area contributed by atoms with Crippen molar-refractivity contribution in [1.29, 1.82) is 0 Å². The molecule has 100 valence electrons. The van der Waals surface area contributed by atoms with Gasteiger partial charge in [0, 0.05) is 6.54 Å².